The number of hydrogen-bond acceptors (Lipinski definition) is 0. The molecule has 4 rings (SSSR count). The molecule has 0 radical (unpaired) electrons. The van der Waals surface area contributed by atoms with Crippen molar-refractivity contribution in [2.24, 2.45) is 0 Å². The second-order valence-electron chi connectivity index (χ2n) is 6.29. The summed E-state index contributed by atoms with van der Waals surface area (Å²) < 4.78 is 13.5. The molecule has 4 aromatic rings. The molecule has 0 aliphatic heterocycles. The van der Waals surface area contributed by atoms with Gasteiger partial charge in [-0.1, -0.05) is 66.8 Å². The van der Waals surface area contributed by atoms with Gasteiger partial charge < -0.3 is 0 Å². The van der Waals surface area contributed by atoms with Gasteiger partial charge in [0, 0.05) is 11.1 Å². The molecule has 26 heavy (non-hydrogen) atoms. The minimum Gasteiger partial charge on any atom is -0.205 e. The highest BCUT2D eigenvalue weighted by Crippen LogP contribution is 2.27. The minimum atomic E-state index is -0.449. The van der Waals surface area contributed by atoms with Gasteiger partial charge in [-0.15, -0.1) is 0 Å². The van der Waals surface area contributed by atoms with Gasteiger partial charge in [-0.05, 0) is 63.9 Å². The Morgan fingerprint density at radius 3 is 2.08 bits per heavy atom. The van der Waals surface area contributed by atoms with Gasteiger partial charge in [-0.2, -0.15) is 0 Å². The van der Waals surface area contributed by atoms with Crippen LogP contribution < -0.4 is 0 Å². The van der Waals surface area contributed by atoms with E-state index >= 15 is 0 Å². The van der Waals surface area contributed by atoms with Crippen molar-refractivity contribution in [2.45, 2.75) is 13.3 Å². The first kappa shape index (κ1) is 16.6. The molecule has 0 aromatic heterocycles. The first-order valence-electron chi connectivity index (χ1n) is 8.56. The zero-order chi connectivity index (χ0) is 18.1. The number of benzene rings is 4. The Balaban J connectivity index is 1.75. The number of fused-ring (bicyclic) bond motifs is 3. The predicted molar refractivity (Wildman–Crippen MR) is 108 cm³/mol. The summed E-state index contributed by atoms with van der Waals surface area (Å²) in [6, 6.07) is 21.7. The molecular formula is C24H16ClF. The van der Waals surface area contributed by atoms with Crippen LogP contribution in [-0.2, 0) is 6.42 Å². The molecule has 0 fully saturated rings. The van der Waals surface area contributed by atoms with Crippen LogP contribution in [0.2, 0.25) is 5.02 Å². The molecule has 0 bridgehead atoms. The number of hydrogen-bond donors (Lipinski definition) is 0. The third-order valence-electron chi connectivity index (χ3n) is 4.58. The van der Waals surface area contributed by atoms with Gasteiger partial charge in [-0.25, -0.2) is 4.39 Å². The van der Waals surface area contributed by atoms with Crippen molar-refractivity contribution >= 4 is 33.1 Å². The van der Waals surface area contributed by atoms with E-state index < -0.39 is 5.82 Å². The first-order valence-corrected chi connectivity index (χ1v) is 8.94. The summed E-state index contributed by atoms with van der Waals surface area (Å²) in [5, 5.41) is 4.98. The van der Waals surface area contributed by atoms with Crippen molar-refractivity contribution in [3.63, 3.8) is 0 Å². The van der Waals surface area contributed by atoms with Crippen LogP contribution >= 0.6 is 11.6 Å². The second-order valence-corrected chi connectivity index (χ2v) is 6.70. The molecular weight excluding hydrogens is 343 g/mol. The molecule has 0 aliphatic rings. The van der Waals surface area contributed by atoms with Gasteiger partial charge in [0.2, 0.25) is 0 Å². The Kier molecular flexibility index (Phi) is 4.37. The molecule has 0 atom stereocenters. The van der Waals surface area contributed by atoms with Crippen molar-refractivity contribution in [3.8, 4) is 11.8 Å². The largest absolute Gasteiger partial charge is 0.205 e. The van der Waals surface area contributed by atoms with E-state index in [4.69, 9.17) is 11.6 Å². The third-order valence-corrected chi connectivity index (χ3v) is 4.89. The summed E-state index contributed by atoms with van der Waals surface area (Å²) >= 11 is 5.71. The van der Waals surface area contributed by atoms with E-state index in [0.717, 1.165) is 17.4 Å². The molecule has 0 spiro atoms. The molecule has 0 saturated carbocycles. The summed E-state index contributed by atoms with van der Waals surface area (Å²) in [6.45, 7) is 2.17. The summed E-state index contributed by atoms with van der Waals surface area (Å²) in [7, 11) is 0. The molecule has 126 valence electrons. The maximum Gasteiger partial charge on any atom is 0.143 e. The fourth-order valence-corrected chi connectivity index (χ4v) is 3.25. The summed E-state index contributed by atoms with van der Waals surface area (Å²) in [5.41, 5.74) is 2.85. The van der Waals surface area contributed by atoms with Gasteiger partial charge in [0.25, 0.3) is 0 Å². The van der Waals surface area contributed by atoms with Gasteiger partial charge >= 0.3 is 0 Å². The fraction of sp³-hybridized carbons (Fsp3) is 0.0833. The molecule has 2 heteroatoms. The number of halogens is 2. The Morgan fingerprint density at radius 1 is 0.769 bits per heavy atom. The Bertz CT molecular complexity index is 1200. The van der Waals surface area contributed by atoms with Crippen molar-refractivity contribution in [1.82, 2.24) is 0 Å². The molecule has 0 nitrogen and oxygen atoms in total. The molecule has 0 saturated heterocycles. The first-order chi connectivity index (χ1) is 12.6. The van der Waals surface area contributed by atoms with Crippen molar-refractivity contribution in [3.05, 3.63) is 94.3 Å². The van der Waals surface area contributed by atoms with Crippen LogP contribution in [0, 0.1) is 17.7 Å². The van der Waals surface area contributed by atoms with Crippen molar-refractivity contribution < 1.29 is 4.39 Å². The van der Waals surface area contributed by atoms with Gasteiger partial charge in [-0.3, -0.25) is 0 Å². The molecule has 0 amide bonds. The average molecular weight is 359 g/mol. The van der Waals surface area contributed by atoms with Crippen LogP contribution in [0.4, 0.5) is 4.39 Å². The highest BCUT2D eigenvalue weighted by molar-refractivity contribution is 6.30. The summed E-state index contributed by atoms with van der Waals surface area (Å²) in [5.74, 6) is 5.65. The molecule has 0 N–H and O–H groups in total. The van der Waals surface area contributed by atoms with E-state index in [9.17, 15) is 4.39 Å². The van der Waals surface area contributed by atoms with Crippen LogP contribution in [-0.4, -0.2) is 0 Å². The van der Waals surface area contributed by atoms with Gasteiger partial charge in [0.15, 0.2) is 0 Å². The lowest BCUT2D eigenvalue weighted by atomic mass is 9.98. The third kappa shape index (κ3) is 3.17. The average Bonchev–Trinajstić information content (AvgIpc) is 2.68. The lowest BCUT2D eigenvalue weighted by molar-refractivity contribution is 0.628. The van der Waals surface area contributed by atoms with Crippen LogP contribution in [0.3, 0.4) is 0 Å². The number of rotatable bonds is 1. The van der Waals surface area contributed by atoms with E-state index in [2.05, 4.69) is 61.2 Å². The van der Waals surface area contributed by atoms with E-state index in [1.54, 1.807) is 6.07 Å². The van der Waals surface area contributed by atoms with Crippen LogP contribution in [0.25, 0.3) is 21.5 Å². The second kappa shape index (κ2) is 6.83. The summed E-state index contributed by atoms with van der Waals surface area (Å²) in [6.07, 6.45) is 1.04. The van der Waals surface area contributed by atoms with Gasteiger partial charge in [0.05, 0.1) is 5.02 Å². The van der Waals surface area contributed by atoms with Crippen LogP contribution in [0.5, 0.6) is 0 Å². The molecule has 0 heterocycles. The van der Waals surface area contributed by atoms with Crippen LogP contribution in [0.1, 0.15) is 23.6 Å². The van der Waals surface area contributed by atoms with E-state index in [1.807, 2.05) is 6.07 Å². The topological polar surface area (TPSA) is 0 Å². The highest BCUT2D eigenvalue weighted by atomic mass is 35.5. The quantitative estimate of drug-likeness (QED) is 0.261. The zero-order valence-electron chi connectivity index (χ0n) is 14.3. The fourth-order valence-electron chi connectivity index (χ4n) is 3.14. The molecule has 4 aromatic carbocycles. The van der Waals surface area contributed by atoms with E-state index in [0.29, 0.717) is 5.56 Å². The highest BCUT2D eigenvalue weighted by Gasteiger charge is 2.03. The monoisotopic (exact) mass is 358 g/mol. The number of aryl methyl sites for hydroxylation is 1. The van der Waals surface area contributed by atoms with Gasteiger partial charge in [0.1, 0.15) is 5.82 Å². The van der Waals surface area contributed by atoms with Crippen molar-refractivity contribution in [2.75, 3.05) is 0 Å². The SMILES string of the molecule is CCc1ccc2c(ccc3cc(C#Cc4ccc(Cl)c(F)c4)ccc32)c1. The Labute approximate surface area is 157 Å². The standard InChI is InChI=1S/C24H16ClF/c1-2-16-5-10-21-19(13-16)8-9-20-14-17(6-11-22(20)21)3-4-18-7-12-23(25)24(26)15-18/h5-15H,2H2,1H3. The van der Waals surface area contributed by atoms with Crippen molar-refractivity contribution in [1.29, 1.82) is 0 Å². The normalized spacial score (nSPS) is 10.7. The summed E-state index contributed by atoms with van der Waals surface area (Å²) in [4.78, 5) is 0. The minimum absolute atomic E-state index is 0.111. The predicted octanol–water partition coefficient (Wildman–Crippen LogP) is 6.75. The lowest BCUT2D eigenvalue weighted by Gasteiger charge is -2.06. The molecule has 0 unspecified atom stereocenters. The lowest BCUT2D eigenvalue weighted by Crippen LogP contribution is -1.84. The van der Waals surface area contributed by atoms with E-state index in [1.165, 1.54) is 33.9 Å². The smallest absolute Gasteiger partial charge is 0.143 e. The maximum absolute atomic E-state index is 13.5. The Morgan fingerprint density at radius 2 is 1.38 bits per heavy atom. The molecule has 0 aliphatic carbocycles. The Hall–Kier alpha value is -2.82. The van der Waals surface area contributed by atoms with Crippen LogP contribution in [0.15, 0.2) is 66.7 Å². The zero-order valence-corrected chi connectivity index (χ0v) is 15.1. The maximum atomic E-state index is 13.5. The van der Waals surface area contributed by atoms with E-state index in [-0.39, 0.29) is 5.02 Å².